The van der Waals surface area contributed by atoms with Gasteiger partial charge < -0.3 is 24.2 Å². The number of carbonyl (C=O) groups excluding carboxylic acids is 1. The Hall–Kier alpha value is -3.65. The van der Waals surface area contributed by atoms with Gasteiger partial charge in [-0.15, -0.1) is 0 Å². The number of likely N-dealkylation sites (tertiary alicyclic amines) is 1. The quantitative estimate of drug-likeness (QED) is 0.570. The third kappa shape index (κ3) is 4.66. The number of nitrogens with zero attached hydrogens (tertiary/aromatic N) is 4. The number of aliphatic hydroxyl groups excluding tert-OH is 1. The molecule has 182 valence electrons. The van der Waals surface area contributed by atoms with Crippen LogP contribution in [0.15, 0.2) is 60.6 Å². The summed E-state index contributed by atoms with van der Waals surface area (Å²) in [5.41, 5.74) is 4.23. The maximum Gasteiger partial charge on any atom is 0.250 e. The first kappa shape index (κ1) is 23.1. The Labute approximate surface area is 204 Å². The second-order valence-corrected chi connectivity index (χ2v) is 9.14. The number of aliphatic hydroxyl groups is 1. The van der Waals surface area contributed by atoms with E-state index < -0.39 is 6.10 Å². The smallest absolute Gasteiger partial charge is 0.250 e. The van der Waals surface area contributed by atoms with Gasteiger partial charge in [0.05, 0.1) is 37.0 Å². The molecular weight excluding hydrogens is 447 g/mol. The summed E-state index contributed by atoms with van der Waals surface area (Å²) in [6.07, 6.45) is 6.45. The first-order valence-electron chi connectivity index (χ1n) is 11.8. The fourth-order valence-corrected chi connectivity index (χ4v) is 4.97. The van der Waals surface area contributed by atoms with Crippen molar-refractivity contribution in [2.75, 3.05) is 31.6 Å². The largest absolute Gasteiger partial charge is 0.495 e. The van der Waals surface area contributed by atoms with Crippen molar-refractivity contribution < 1.29 is 19.0 Å². The molecule has 2 atom stereocenters. The molecule has 1 amide bonds. The van der Waals surface area contributed by atoms with Crippen molar-refractivity contribution in [2.24, 2.45) is 0 Å². The number of hydrogen-bond acceptors (Lipinski definition) is 5. The molecule has 0 bridgehead atoms. The van der Waals surface area contributed by atoms with E-state index in [2.05, 4.69) is 4.98 Å². The average Bonchev–Trinajstić information content (AvgIpc) is 3.46. The molecule has 1 aromatic heterocycles. The van der Waals surface area contributed by atoms with Crippen molar-refractivity contribution >= 4 is 17.7 Å². The second-order valence-electron chi connectivity index (χ2n) is 9.14. The van der Waals surface area contributed by atoms with Crippen molar-refractivity contribution in [2.45, 2.75) is 31.9 Å². The van der Waals surface area contributed by atoms with Gasteiger partial charge in [-0.2, -0.15) is 0 Å². The van der Waals surface area contributed by atoms with Gasteiger partial charge in [-0.25, -0.2) is 9.37 Å². The maximum atomic E-state index is 13.4. The highest BCUT2D eigenvalue weighted by Crippen LogP contribution is 2.30. The predicted octanol–water partition coefficient (Wildman–Crippen LogP) is 3.58. The summed E-state index contributed by atoms with van der Waals surface area (Å²) in [4.78, 5) is 21.5. The topological polar surface area (TPSA) is 70.8 Å². The third-order valence-corrected chi connectivity index (χ3v) is 6.77. The standard InChI is InChI=1S/C27H29FN4O3/c1-18-14-31(17-29-18)23-10-5-19(13-26(23)35-2)12-20-4-3-11-32(27(20)34)24-15-30(16-25(24)33)22-8-6-21(28)7-9-22/h5-10,12-14,17,24-25,33H,3-4,11,15-16H2,1-2H3/b20-12+/t24-,25-/m1/s1. The Kier molecular flexibility index (Phi) is 6.30. The number of imidazole rings is 1. The van der Waals surface area contributed by atoms with Crippen molar-refractivity contribution in [1.82, 2.24) is 14.5 Å². The summed E-state index contributed by atoms with van der Waals surface area (Å²) < 4.78 is 20.8. The van der Waals surface area contributed by atoms with Crippen LogP contribution in [0.5, 0.6) is 5.75 Å². The van der Waals surface area contributed by atoms with Gasteiger partial charge >= 0.3 is 0 Å². The molecule has 0 saturated carbocycles. The maximum absolute atomic E-state index is 13.4. The number of halogens is 1. The van der Waals surface area contributed by atoms with Crippen molar-refractivity contribution in [3.8, 4) is 11.4 Å². The fourth-order valence-electron chi connectivity index (χ4n) is 4.97. The Morgan fingerprint density at radius 2 is 1.97 bits per heavy atom. The zero-order valence-electron chi connectivity index (χ0n) is 19.9. The number of aryl methyl sites for hydroxylation is 1. The molecule has 0 spiro atoms. The molecular formula is C27H29FN4O3. The highest BCUT2D eigenvalue weighted by atomic mass is 19.1. The minimum atomic E-state index is -0.665. The molecule has 8 heteroatoms. The number of rotatable bonds is 5. The van der Waals surface area contributed by atoms with Gasteiger partial charge in [-0.3, -0.25) is 4.79 Å². The fraction of sp³-hybridized carbons (Fsp3) is 0.333. The first-order valence-corrected chi connectivity index (χ1v) is 11.8. The van der Waals surface area contributed by atoms with Crippen LogP contribution in [0.4, 0.5) is 10.1 Å². The molecule has 2 saturated heterocycles. The summed E-state index contributed by atoms with van der Waals surface area (Å²) in [6, 6.07) is 11.8. The first-order chi connectivity index (χ1) is 16.9. The summed E-state index contributed by atoms with van der Waals surface area (Å²) in [5.74, 6) is 0.350. The van der Waals surface area contributed by atoms with Crippen LogP contribution in [0, 0.1) is 12.7 Å². The van der Waals surface area contributed by atoms with E-state index in [0.717, 1.165) is 34.6 Å². The number of methoxy groups -OCH3 is 1. The lowest BCUT2D eigenvalue weighted by Gasteiger charge is -2.35. The minimum absolute atomic E-state index is 0.0467. The van der Waals surface area contributed by atoms with E-state index in [-0.39, 0.29) is 17.8 Å². The highest BCUT2D eigenvalue weighted by molar-refractivity contribution is 5.99. The van der Waals surface area contributed by atoms with Crippen molar-refractivity contribution in [3.05, 3.63) is 77.6 Å². The number of ether oxygens (including phenoxy) is 1. The van der Waals surface area contributed by atoms with E-state index in [1.807, 2.05) is 46.9 Å². The van der Waals surface area contributed by atoms with E-state index in [1.165, 1.54) is 12.1 Å². The van der Waals surface area contributed by atoms with Crippen LogP contribution >= 0.6 is 0 Å². The second kappa shape index (κ2) is 9.54. The number of carbonyl (C=O) groups is 1. The summed E-state index contributed by atoms with van der Waals surface area (Å²) >= 11 is 0. The average molecular weight is 477 g/mol. The van der Waals surface area contributed by atoms with E-state index in [0.29, 0.717) is 31.8 Å². The molecule has 1 N–H and O–H groups in total. The number of amides is 1. The lowest BCUT2D eigenvalue weighted by atomic mass is 9.98. The molecule has 3 heterocycles. The van der Waals surface area contributed by atoms with E-state index >= 15 is 0 Å². The zero-order chi connectivity index (χ0) is 24.5. The lowest BCUT2D eigenvalue weighted by Crippen LogP contribution is -2.49. The summed E-state index contributed by atoms with van der Waals surface area (Å²) in [6.45, 7) is 3.46. The number of anilines is 1. The van der Waals surface area contributed by atoms with E-state index in [9.17, 15) is 14.3 Å². The van der Waals surface area contributed by atoms with Crippen LogP contribution in [0.25, 0.3) is 11.8 Å². The zero-order valence-corrected chi connectivity index (χ0v) is 19.9. The molecule has 35 heavy (non-hydrogen) atoms. The molecule has 2 aliphatic heterocycles. The molecule has 0 aliphatic carbocycles. The monoisotopic (exact) mass is 476 g/mol. The number of benzene rings is 2. The normalized spacial score (nSPS) is 21.7. The van der Waals surface area contributed by atoms with E-state index in [4.69, 9.17) is 4.74 Å². The van der Waals surface area contributed by atoms with Gasteiger partial charge in [0.2, 0.25) is 5.91 Å². The van der Waals surface area contributed by atoms with Crippen LogP contribution in [0.2, 0.25) is 0 Å². The van der Waals surface area contributed by atoms with Crippen molar-refractivity contribution in [3.63, 3.8) is 0 Å². The lowest BCUT2D eigenvalue weighted by molar-refractivity contribution is -0.132. The van der Waals surface area contributed by atoms with Gasteiger partial charge in [0.25, 0.3) is 0 Å². The molecule has 0 unspecified atom stereocenters. The molecule has 2 aromatic carbocycles. The van der Waals surface area contributed by atoms with Gasteiger partial charge in [0.1, 0.15) is 11.6 Å². The Balaban J connectivity index is 1.35. The molecule has 3 aromatic rings. The van der Waals surface area contributed by atoms with Gasteiger partial charge in [0.15, 0.2) is 0 Å². The predicted molar refractivity (Wildman–Crippen MR) is 132 cm³/mol. The molecule has 5 rings (SSSR count). The SMILES string of the molecule is COc1cc(/C=C2\CCCN([C@@H]3CN(c4ccc(F)cc4)C[C@H]3O)C2=O)ccc1-n1cnc(C)c1. The Morgan fingerprint density at radius 1 is 1.17 bits per heavy atom. The highest BCUT2D eigenvalue weighted by Gasteiger charge is 2.39. The van der Waals surface area contributed by atoms with Gasteiger partial charge in [-0.05, 0) is 67.8 Å². The van der Waals surface area contributed by atoms with E-state index in [1.54, 1.807) is 30.5 Å². The van der Waals surface area contributed by atoms with Gasteiger partial charge in [0, 0.05) is 37.1 Å². The Morgan fingerprint density at radius 3 is 2.69 bits per heavy atom. The molecule has 7 nitrogen and oxygen atoms in total. The van der Waals surface area contributed by atoms with Crippen molar-refractivity contribution in [1.29, 1.82) is 0 Å². The molecule has 2 aliphatic rings. The number of aromatic nitrogens is 2. The van der Waals surface area contributed by atoms with Crippen LogP contribution in [0.3, 0.4) is 0 Å². The summed E-state index contributed by atoms with van der Waals surface area (Å²) in [5, 5.41) is 10.8. The molecule has 0 radical (unpaired) electrons. The molecule has 2 fully saturated rings. The van der Waals surface area contributed by atoms with Crippen LogP contribution < -0.4 is 9.64 Å². The van der Waals surface area contributed by atoms with Crippen LogP contribution in [-0.4, -0.2) is 64.4 Å². The summed E-state index contributed by atoms with van der Waals surface area (Å²) in [7, 11) is 1.63. The Bertz CT molecular complexity index is 1250. The third-order valence-electron chi connectivity index (χ3n) is 6.77. The van der Waals surface area contributed by atoms with Gasteiger partial charge in [-0.1, -0.05) is 6.07 Å². The van der Waals surface area contributed by atoms with Crippen LogP contribution in [0.1, 0.15) is 24.1 Å². The number of piperidine rings is 1. The van der Waals surface area contributed by atoms with Crippen LogP contribution in [-0.2, 0) is 4.79 Å². The number of hydrogen-bond donors (Lipinski definition) is 1. The number of β-amino-alcohol motifs (C(OH)–C–C–N with tert-alkyl or cyclic N) is 1. The minimum Gasteiger partial charge on any atom is -0.495 e.